The molecule has 0 aliphatic carbocycles. The number of ether oxygens (including phenoxy) is 3. The van der Waals surface area contributed by atoms with Crippen molar-refractivity contribution < 1.29 is 19.0 Å². The monoisotopic (exact) mass is 414 g/mol. The second kappa shape index (κ2) is 7.73. The summed E-state index contributed by atoms with van der Waals surface area (Å²) in [6.07, 6.45) is 0. The largest absolute Gasteiger partial charge is 0.493 e. The van der Waals surface area contributed by atoms with Gasteiger partial charge in [0.25, 0.3) is 5.91 Å². The number of anilines is 1. The number of thiazole rings is 1. The number of thioether (sulfide) groups is 1. The van der Waals surface area contributed by atoms with Crippen molar-refractivity contribution in [1.29, 1.82) is 0 Å². The number of fused-ring (bicyclic) bond motifs is 3. The SMILES string of the molecule is COc1cc(C(=O)Nc2nc3c(s2)CSc2ccccc2-3)cc(OC)c1OC. The zero-order chi connectivity index (χ0) is 19.7. The van der Waals surface area contributed by atoms with Crippen LogP contribution in [0.1, 0.15) is 15.2 Å². The van der Waals surface area contributed by atoms with Gasteiger partial charge >= 0.3 is 0 Å². The van der Waals surface area contributed by atoms with Crippen LogP contribution in [0, 0.1) is 0 Å². The highest BCUT2D eigenvalue weighted by Gasteiger charge is 2.23. The van der Waals surface area contributed by atoms with Crippen LogP contribution < -0.4 is 19.5 Å². The minimum Gasteiger partial charge on any atom is -0.493 e. The first-order valence-electron chi connectivity index (χ1n) is 8.48. The van der Waals surface area contributed by atoms with Gasteiger partial charge in [0.1, 0.15) is 0 Å². The number of nitrogens with zero attached hydrogens (tertiary/aromatic N) is 1. The molecule has 0 saturated heterocycles. The third-order valence-corrected chi connectivity index (χ3v) is 6.60. The van der Waals surface area contributed by atoms with E-state index in [4.69, 9.17) is 14.2 Å². The predicted molar refractivity (Wildman–Crippen MR) is 111 cm³/mol. The maximum Gasteiger partial charge on any atom is 0.257 e. The summed E-state index contributed by atoms with van der Waals surface area (Å²) in [6.45, 7) is 0. The van der Waals surface area contributed by atoms with Gasteiger partial charge < -0.3 is 14.2 Å². The molecular weight excluding hydrogens is 396 g/mol. The molecule has 0 atom stereocenters. The summed E-state index contributed by atoms with van der Waals surface area (Å²) in [5.74, 6) is 1.86. The van der Waals surface area contributed by atoms with Gasteiger partial charge in [0, 0.05) is 26.7 Å². The van der Waals surface area contributed by atoms with Crippen molar-refractivity contribution in [2.75, 3.05) is 26.6 Å². The topological polar surface area (TPSA) is 69.7 Å². The Morgan fingerprint density at radius 3 is 2.46 bits per heavy atom. The van der Waals surface area contributed by atoms with E-state index in [9.17, 15) is 4.79 Å². The lowest BCUT2D eigenvalue weighted by atomic mass is 10.1. The zero-order valence-corrected chi connectivity index (χ0v) is 17.2. The fourth-order valence-corrected chi connectivity index (χ4v) is 5.12. The van der Waals surface area contributed by atoms with Gasteiger partial charge in [0.15, 0.2) is 16.6 Å². The van der Waals surface area contributed by atoms with E-state index in [-0.39, 0.29) is 5.91 Å². The Morgan fingerprint density at radius 2 is 1.79 bits per heavy atom. The van der Waals surface area contributed by atoms with Crippen LogP contribution in [-0.4, -0.2) is 32.2 Å². The number of carbonyl (C=O) groups is 1. The molecule has 0 saturated carbocycles. The Morgan fingerprint density at radius 1 is 1.07 bits per heavy atom. The summed E-state index contributed by atoms with van der Waals surface area (Å²) in [7, 11) is 4.56. The maximum atomic E-state index is 12.8. The number of carbonyl (C=O) groups excluding carboxylic acids is 1. The molecule has 0 fully saturated rings. The zero-order valence-electron chi connectivity index (χ0n) is 15.6. The van der Waals surface area contributed by atoms with Gasteiger partial charge in [-0.25, -0.2) is 4.98 Å². The summed E-state index contributed by atoms with van der Waals surface area (Å²) in [6, 6.07) is 11.4. The Kier molecular flexibility index (Phi) is 5.15. The van der Waals surface area contributed by atoms with Gasteiger partial charge in [-0.3, -0.25) is 10.1 Å². The van der Waals surface area contributed by atoms with Crippen LogP contribution in [-0.2, 0) is 5.75 Å². The van der Waals surface area contributed by atoms with E-state index >= 15 is 0 Å². The molecule has 1 aliphatic rings. The molecular formula is C20H18N2O4S2. The molecule has 0 radical (unpaired) electrons. The van der Waals surface area contributed by atoms with Crippen LogP contribution in [0.25, 0.3) is 11.3 Å². The number of benzene rings is 2. The Bertz CT molecular complexity index is 1020. The lowest BCUT2D eigenvalue weighted by molar-refractivity contribution is 0.102. The number of nitrogens with one attached hydrogen (secondary N) is 1. The van der Waals surface area contributed by atoms with Gasteiger partial charge in [-0.2, -0.15) is 0 Å². The number of aromatic nitrogens is 1. The van der Waals surface area contributed by atoms with Gasteiger partial charge in [-0.15, -0.1) is 23.1 Å². The molecule has 1 aromatic heterocycles. The lowest BCUT2D eigenvalue weighted by Gasteiger charge is -2.13. The van der Waals surface area contributed by atoms with Crippen molar-refractivity contribution in [1.82, 2.24) is 4.98 Å². The quantitative estimate of drug-likeness (QED) is 0.653. The van der Waals surface area contributed by atoms with Crippen molar-refractivity contribution in [2.24, 2.45) is 0 Å². The van der Waals surface area contributed by atoms with E-state index in [1.54, 1.807) is 23.9 Å². The Balaban J connectivity index is 1.63. The minimum atomic E-state index is -0.286. The van der Waals surface area contributed by atoms with Gasteiger partial charge in [-0.05, 0) is 18.2 Å². The van der Waals surface area contributed by atoms with Crippen LogP contribution >= 0.6 is 23.1 Å². The second-order valence-electron chi connectivity index (χ2n) is 5.94. The Labute approximate surface area is 170 Å². The van der Waals surface area contributed by atoms with E-state index in [0.29, 0.717) is 27.9 Å². The molecule has 1 amide bonds. The van der Waals surface area contributed by atoms with Crippen molar-refractivity contribution in [2.45, 2.75) is 10.6 Å². The van der Waals surface area contributed by atoms with Crippen LogP contribution in [0.15, 0.2) is 41.3 Å². The standard InChI is InChI=1S/C20H18N2O4S2/c1-24-13-8-11(9-14(25-2)18(13)26-3)19(23)22-20-21-17-12-6-4-5-7-15(12)27-10-16(17)28-20/h4-9H,10H2,1-3H3,(H,21,22,23). The van der Waals surface area contributed by atoms with Crippen LogP contribution in [0.2, 0.25) is 0 Å². The molecule has 2 aromatic carbocycles. The first kappa shape index (κ1) is 18.6. The molecule has 8 heteroatoms. The smallest absolute Gasteiger partial charge is 0.257 e. The molecule has 28 heavy (non-hydrogen) atoms. The minimum absolute atomic E-state index is 0.286. The highest BCUT2D eigenvalue weighted by Crippen LogP contribution is 2.44. The summed E-state index contributed by atoms with van der Waals surface area (Å²) in [5, 5.41) is 3.46. The molecule has 1 N–H and O–H groups in total. The lowest BCUT2D eigenvalue weighted by Crippen LogP contribution is -2.12. The molecule has 144 valence electrons. The molecule has 0 spiro atoms. The van der Waals surface area contributed by atoms with Crippen LogP contribution in [0.4, 0.5) is 5.13 Å². The van der Waals surface area contributed by atoms with Gasteiger partial charge in [0.05, 0.1) is 27.0 Å². The summed E-state index contributed by atoms with van der Waals surface area (Å²) >= 11 is 3.28. The summed E-state index contributed by atoms with van der Waals surface area (Å²) in [5.41, 5.74) is 2.45. The summed E-state index contributed by atoms with van der Waals surface area (Å²) in [4.78, 5) is 19.8. The molecule has 3 aromatic rings. The number of hydrogen-bond donors (Lipinski definition) is 1. The Hall–Kier alpha value is -2.71. The average molecular weight is 415 g/mol. The normalized spacial score (nSPS) is 12.0. The highest BCUT2D eigenvalue weighted by atomic mass is 32.2. The number of rotatable bonds is 5. The molecule has 0 unspecified atom stereocenters. The van der Waals surface area contributed by atoms with E-state index < -0.39 is 0 Å². The van der Waals surface area contributed by atoms with Gasteiger partial charge in [0.2, 0.25) is 5.75 Å². The van der Waals surface area contributed by atoms with Crippen molar-refractivity contribution >= 4 is 34.1 Å². The first-order valence-corrected chi connectivity index (χ1v) is 10.3. The van der Waals surface area contributed by atoms with Crippen molar-refractivity contribution in [3.05, 3.63) is 46.8 Å². The van der Waals surface area contributed by atoms with E-state index in [1.807, 2.05) is 12.1 Å². The van der Waals surface area contributed by atoms with Crippen molar-refractivity contribution in [3.63, 3.8) is 0 Å². The summed E-state index contributed by atoms with van der Waals surface area (Å²) < 4.78 is 16.0. The van der Waals surface area contributed by atoms with Gasteiger partial charge in [-0.1, -0.05) is 18.2 Å². The number of hydrogen-bond acceptors (Lipinski definition) is 7. The molecule has 1 aliphatic heterocycles. The maximum absolute atomic E-state index is 12.8. The molecule has 0 bridgehead atoms. The second-order valence-corrected chi connectivity index (χ2v) is 8.04. The number of amides is 1. The third kappa shape index (κ3) is 3.29. The number of methoxy groups -OCH3 is 3. The molecule has 6 nitrogen and oxygen atoms in total. The third-order valence-electron chi connectivity index (χ3n) is 4.35. The molecule has 2 heterocycles. The fourth-order valence-electron chi connectivity index (χ4n) is 3.03. The van der Waals surface area contributed by atoms with E-state index in [2.05, 4.69) is 22.4 Å². The van der Waals surface area contributed by atoms with E-state index in [0.717, 1.165) is 21.9 Å². The van der Waals surface area contributed by atoms with Crippen LogP contribution in [0.5, 0.6) is 17.2 Å². The fraction of sp³-hybridized carbons (Fsp3) is 0.200. The average Bonchev–Trinajstić information content (AvgIpc) is 3.15. The predicted octanol–water partition coefficient (Wildman–Crippen LogP) is 4.69. The van der Waals surface area contributed by atoms with Crippen LogP contribution in [0.3, 0.4) is 0 Å². The molecule has 4 rings (SSSR count). The van der Waals surface area contributed by atoms with Crippen molar-refractivity contribution in [3.8, 4) is 28.5 Å². The highest BCUT2D eigenvalue weighted by molar-refractivity contribution is 7.98. The van der Waals surface area contributed by atoms with E-state index in [1.165, 1.54) is 37.6 Å². The first-order chi connectivity index (χ1) is 13.6.